The zero-order chi connectivity index (χ0) is 14.8. The molecule has 1 aromatic carbocycles. The van der Waals surface area contributed by atoms with Crippen LogP contribution in [-0.2, 0) is 16.0 Å². The first-order valence-electron chi connectivity index (χ1n) is 7.18. The van der Waals surface area contributed by atoms with E-state index in [-0.39, 0.29) is 11.8 Å². The van der Waals surface area contributed by atoms with E-state index in [4.69, 9.17) is 0 Å². The zero-order valence-corrected chi connectivity index (χ0v) is 12.4. The molecule has 2 amide bonds. The molecule has 4 nitrogen and oxygen atoms in total. The Morgan fingerprint density at radius 3 is 2.55 bits per heavy atom. The Balaban J connectivity index is 2.26. The van der Waals surface area contributed by atoms with Crippen molar-refractivity contribution in [2.75, 3.05) is 20.1 Å². The third-order valence-corrected chi connectivity index (χ3v) is 3.15. The number of carbonyl (C=O) groups is 2. The predicted octanol–water partition coefficient (Wildman–Crippen LogP) is 1.99. The average Bonchev–Trinajstić information content (AvgIpc) is 2.46. The van der Waals surface area contributed by atoms with Crippen LogP contribution in [0.5, 0.6) is 0 Å². The molecule has 0 aliphatic heterocycles. The van der Waals surface area contributed by atoms with Crippen LogP contribution in [0.3, 0.4) is 0 Å². The predicted molar refractivity (Wildman–Crippen MR) is 80.3 cm³/mol. The molecule has 0 spiro atoms. The van der Waals surface area contributed by atoms with Gasteiger partial charge in [0.1, 0.15) is 0 Å². The maximum Gasteiger partial charge on any atom is 0.226 e. The van der Waals surface area contributed by atoms with Gasteiger partial charge in [-0.3, -0.25) is 9.59 Å². The van der Waals surface area contributed by atoms with Crippen LogP contribution in [0.4, 0.5) is 0 Å². The van der Waals surface area contributed by atoms with Gasteiger partial charge in [-0.1, -0.05) is 43.7 Å². The lowest BCUT2D eigenvalue weighted by Gasteiger charge is -2.17. The molecule has 0 unspecified atom stereocenters. The quantitative estimate of drug-likeness (QED) is 0.738. The summed E-state index contributed by atoms with van der Waals surface area (Å²) in [6.07, 6.45) is 2.81. The van der Waals surface area contributed by atoms with Gasteiger partial charge in [0.25, 0.3) is 0 Å². The Morgan fingerprint density at radius 2 is 1.90 bits per heavy atom. The lowest BCUT2D eigenvalue weighted by Crippen LogP contribution is -2.33. The maximum absolute atomic E-state index is 12.0. The van der Waals surface area contributed by atoms with Crippen molar-refractivity contribution in [1.82, 2.24) is 10.2 Å². The monoisotopic (exact) mass is 276 g/mol. The second-order valence-corrected chi connectivity index (χ2v) is 4.93. The van der Waals surface area contributed by atoms with Gasteiger partial charge < -0.3 is 10.2 Å². The van der Waals surface area contributed by atoms with Gasteiger partial charge in [-0.15, -0.1) is 0 Å². The summed E-state index contributed by atoms with van der Waals surface area (Å²) in [5.74, 6) is 0.0513. The van der Waals surface area contributed by atoms with Gasteiger partial charge in [-0.25, -0.2) is 0 Å². The van der Waals surface area contributed by atoms with Crippen LogP contribution in [-0.4, -0.2) is 36.9 Å². The summed E-state index contributed by atoms with van der Waals surface area (Å²) in [5.41, 5.74) is 0.997. The lowest BCUT2D eigenvalue weighted by molar-refractivity contribution is -0.129. The van der Waals surface area contributed by atoms with Crippen LogP contribution in [0.25, 0.3) is 0 Å². The molecule has 0 atom stereocenters. The van der Waals surface area contributed by atoms with E-state index in [1.165, 1.54) is 0 Å². The fourth-order valence-electron chi connectivity index (χ4n) is 1.79. The Hall–Kier alpha value is -1.84. The molecule has 0 aromatic heterocycles. The molecule has 110 valence electrons. The van der Waals surface area contributed by atoms with Crippen LogP contribution in [0.2, 0.25) is 0 Å². The first-order chi connectivity index (χ1) is 9.63. The standard InChI is InChI=1S/C16H24N2O2/c1-3-4-11-17-15(19)10-12-18(2)16(20)13-14-8-6-5-7-9-14/h5-9H,3-4,10-13H2,1-2H3,(H,17,19). The van der Waals surface area contributed by atoms with E-state index in [1.807, 2.05) is 30.3 Å². The van der Waals surface area contributed by atoms with Gasteiger partial charge in [0.05, 0.1) is 6.42 Å². The smallest absolute Gasteiger partial charge is 0.226 e. The van der Waals surface area contributed by atoms with Gasteiger partial charge >= 0.3 is 0 Å². The molecular weight excluding hydrogens is 252 g/mol. The highest BCUT2D eigenvalue weighted by molar-refractivity contribution is 5.80. The van der Waals surface area contributed by atoms with Crippen molar-refractivity contribution in [2.24, 2.45) is 0 Å². The number of hydrogen-bond acceptors (Lipinski definition) is 2. The van der Waals surface area contributed by atoms with Crippen LogP contribution < -0.4 is 5.32 Å². The first kappa shape index (κ1) is 16.2. The molecule has 1 N–H and O–H groups in total. The van der Waals surface area contributed by atoms with Crippen molar-refractivity contribution in [3.05, 3.63) is 35.9 Å². The zero-order valence-electron chi connectivity index (χ0n) is 12.4. The summed E-state index contributed by atoms with van der Waals surface area (Å²) in [7, 11) is 1.74. The third-order valence-electron chi connectivity index (χ3n) is 3.15. The number of nitrogens with one attached hydrogen (secondary N) is 1. The number of hydrogen-bond donors (Lipinski definition) is 1. The number of nitrogens with zero attached hydrogens (tertiary/aromatic N) is 1. The van der Waals surface area contributed by atoms with E-state index in [0.29, 0.717) is 19.4 Å². The molecule has 0 saturated carbocycles. The maximum atomic E-state index is 12.0. The first-order valence-corrected chi connectivity index (χ1v) is 7.18. The summed E-state index contributed by atoms with van der Waals surface area (Å²) >= 11 is 0. The minimum absolute atomic E-state index is 0.0119. The molecule has 0 aliphatic carbocycles. The van der Waals surface area contributed by atoms with Gasteiger partial charge in [-0.05, 0) is 12.0 Å². The highest BCUT2D eigenvalue weighted by atomic mass is 16.2. The molecular formula is C16H24N2O2. The van der Waals surface area contributed by atoms with Gasteiger partial charge in [0.2, 0.25) is 11.8 Å². The Bertz CT molecular complexity index is 418. The van der Waals surface area contributed by atoms with E-state index in [2.05, 4.69) is 12.2 Å². The Morgan fingerprint density at radius 1 is 1.20 bits per heavy atom. The number of carbonyl (C=O) groups excluding carboxylic acids is 2. The number of rotatable bonds is 8. The molecule has 1 rings (SSSR count). The minimum atomic E-state index is 0.0119. The fraction of sp³-hybridized carbons (Fsp3) is 0.500. The van der Waals surface area contributed by atoms with Gasteiger partial charge in [-0.2, -0.15) is 0 Å². The summed E-state index contributed by atoms with van der Waals surface area (Å²) < 4.78 is 0. The molecule has 0 radical (unpaired) electrons. The van der Waals surface area contributed by atoms with Crippen molar-refractivity contribution < 1.29 is 9.59 Å². The number of amides is 2. The molecule has 4 heteroatoms. The number of unbranched alkanes of at least 4 members (excludes halogenated alkanes) is 1. The molecule has 20 heavy (non-hydrogen) atoms. The van der Waals surface area contributed by atoms with E-state index in [1.54, 1.807) is 11.9 Å². The summed E-state index contributed by atoms with van der Waals surface area (Å²) in [4.78, 5) is 25.2. The Kier molecular flexibility index (Phi) is 7.40. The largest absolute Gasteiger partial charge is 0.356 e. The summed E-state index contributed by atoms with van der Waals surface area (Å²) in [6, 6.07) is 9.64. The summed E-state index contributed by atoms with van der Waals surface area (Å²) in [6.45, 7) is 3.27. The number of likely N-dealkylation sites (N-methyl/N-ethyl adjacent to an activating group) is 1. The average molecular weight is 276 g/mol. The van der Waals surface area contributed by atoms with E-state index < -0.39 is 0 Å². The topological polar surface area (TPSA) is 49.4 Å². The van der Waals surface area contributed by atoms with E-state index >= 15 is 0 Å². The highest BCUT2D eigenvalue weighted by Gasteiger charge is 2.11. The normalized spacial score (nSPS) is 10.1. The SMILES string of the molecule is CCCCNC(=O)CCN(C)C(=O)Cc1ccccc1. The van der Waals surface area contributed by atoms with Gasteiger partial charge in [0, 0.05) is 26.6 Å². The van der Waals surface area contributed by atoms with Crippen LogP contribution in [0.15, 0.2) is 30.3 Å². The van der Waals surface area contributed by atoms with E-state index in [9.17, 15) is 9.59 Å². The Labute approximate surface area is 121 Å². The summed E-state index contributed by atoms with van der Waals surface area (Å²) in [5, 5.41) is 2.85. The van der Waals surface area contributed by atoms with Crippen LogP contribution >= 0.6 is 0 Å². The number of benzene rings is 1. The molecule has 0 heterocycles. The lowest BCUT2D eigenvalue weighted by atomic mass is 10.1. The van der Waals surface area contributed by atoms with Crippen molar-refractivity contribution in [1.29, 1.82) is 0 Å². The van der Waals surface area contributed by atoms with Crippen molar-refractivity contribution in [3.8, 4) is 0 Å². The molecule has 0 fully saturated rings. The second kappa shape index (κ2) is 9.13. The van der Waals surface area contributed by atoms with Crippen LogP contribution in [0, 0.1) is 0 Å². The third kappa shape index (κ3) is 6.36. The molecule has 0 saturated heterocycles. The van der Waals surface area contributed by atoms with Crippen molar-refractivity contribution >= 4 is 11.8 Å². The van der Waals surface area contributed by atoms with Crippen molar-refractivity contribution in [2.45, 2.75) is 32.6 Å². The highest BCUT2D eigenvalue weighted by Crippen LogP contribution is 2.02. The molecule has 0 aliphatic rings. The van der Waals surface area contributed by atoms with Crippen molar-refractivity contribution in [3.63, 3.8) is 0 Å². The van der Waals surface area contributed by atoms with Gasteiger partial charge in [0.15, 0.2) is 0 Å². The fourth-order valence-corrected chi connectivity index (χ4v) is 1.79. The van der Waals surface area contributed by atoms with E-state index in [0.717, 1.165) is 24.9 Å². The molecule has 0 bridgehead atoms. The minimum Gasteiger partial charge on any atom is -0.356 e. The molecule has 1 aromatic rings. The second-order valence-electron chi connectivity index (χ2n) is 4.93. The van der Waals surface area contributed by atoms with Crippen LogP contribution in [0.1, 0.15) is 31.7 Å².